The first-order valence-corrected chi connectivity index (χ1v) is 6.17. The van der Waals surface area contributed by atoms with Crippen LogP contribution in [0.15, 0.2) is 22.7 Å². The number of benzene rings is 1. The third-order valence-electron chi connectivity index (χ3n) is 2.37. The van der Waals surface area contributed by atoms with Crippen molar-refractivity contribution in [2.24, 2.45) is 0 Å². The fraction of sp³-hybridized carbons (Fsp3) is 0.417. The number of halogens is 2. The summed E-state index contributed by atoms with van der Waals surface area (Å²) in [6.07, 6.45) is 0.701. The van der Waals surface area contributed by atoms with Gasteiger partial charge in [0.05, 0.1) is 0 Å². The number of carboxylic acid groups (broad SMARTS) is 1. The number of nitrogens with one attached hydrogen (secondary N) is 1. The van der Waals surface area contributed by atoms with Crippen molar-refractivity contribution in [2.45, 2.75) is 32.4 Å². The highest BCUT2D eigenvalue weighted by atomic mass is 79.9. The fourth-order valence-corrected chi connectivity index (χ4v) is 1.96. The second kappa shape index (κ2) is 6.71. The Labute approximate surface area is 108 Å². The molecule has 0 aromatic heterocycles. The molecule has 1 aromatic carbocycles. The molecule has 1 atom stereocenters. The molecule has 0 bridgehead atoms. The molecular weight excluding hydrogens is 289 g/mol. The second-order valence-electron chi connectivity index (χ2n) is 3.99. The molecule has 1 unspecified atom stereocenters. The van der Waals surface area contributed by atoms with E-state index in [0.717, 1.165) is 5.56 Å². The summed E-state index contributed by atoms with van der Waals surface area (Å²) in [6.45, 7) is 2.44. The van der Waals surface area contributed by atoms with Gasteiger partial charge in [-0.1, -0.05) is 15.9 Å². The largest absolute Gasteiger partial charge is 0.481 e. The maximum Gasteiger partial charge on any atom is 0.303 e. The van der Waals surface area contributed by atoms with Crippen LogP contribution in [0.5, 0.6) is 0 Å². The van der Waals surface area contributed by atoms with Crippen molar-refractivity contribution in [3.8, 4) is 0 Å². The van der Waals surface area contributed by atoms with Crippen LogP contribution in [0.4, 0.5) is 4.39 Å². The lowest BCUT2D eigenvalue weighted by Crippen LogP contribution is -2.26. The minimum absolute atomic E-state index is 0.0909. The van der Waals surface area contributed by atoms with Crippen LogP contribution in [0.3, 0.4) is 0 Å². The molecular formula is C12H15BrFNO2. The molecule has 0 saturated heterocycles. The Morgan fingerprint density at radius 2 is 2.24 bits per heavy atom. The second-order valence-corrected chi connectivity index (χ2v) is 4.91. The SMILES string of the molecule is CC(CCC(=O)O)NCc1cc(F)cc(Br)c1. The molecule has 5 heteroatoms. The summed E-state index contributed by atoms with van der Waals surface area (Å²) in [5.41, 5.74) is 0.832. The van der Waals surface area contributed by atoms with Gasteiger partial charge in [0.25, 0.3) is 0 Å². The van der Waals surface area contributed by atoms with Crippen molar-refractivity contribution in [1.82, 2.24) is 5.32 Å². The Balaban J connectivity index is 2.41. The smallest absolute Gasteiger partial charge is 0.303 e. The first-order chi connectivity index (χ1) is 7.97. The van der Waals surface area contributed by atoms with E-state index >= 15 is 0 Å². The summed E-state index contributed by atoms with van der Waals surface area (Å²) in [5, 5.41) is 11.7. The Bertz CT molecular complexity index is 378. The molecule has 1 rings (SSSR count). The minimum atomic E-state index is -0.799. The number of aliphatic carboxylic acids is 1. The van der Waals surface area contributed by atoms with E-state index in [2.05, 4.69) is 21.2 Å². The van der Waals surface area contributed by atoms with Crippen molar-refractivity contribution in [3.05, 3.63) is 34.1 Å². The first-order valence-electron chi connectivity index (χ1n) is 5.37. The van der Waals surface area contributed by atoms with E-state index in [4.69, 9.17) is 5.11 Å². The van der Waals surface area contributed by atoms with Gasteiger partial charge in [-0.2, -0.15) is 0 Å². The molecule has 17 heavy (non-hydrogen) atoms. The Morgan fingerprint density at radius 3 is 2.82 bits per heavy atom. The number of rotatable bonds is 6. The van der Waals surface area contributed by atoms with Gasteiger partial charge in [-0.25, -0.2) is 4.39 Å². The average molecular weight is 304 g/mol. The van der Waals surface area contributed by atoms with Gasteiger partial charge < -0.3 is 10.4 Å². The summed E-state index contributed by atoms with van der Waals surface area (Å²) in [4.78, 5) is 10.4. The van der Waals surface area contributed by atoms with E-state index < -0.39 is 5.97 Å². The molecule has 0 spiro atoms. The van der Waals surface area contributed by atoms with Crippen LogP contribution >= 0.6 is 15.9 Å². The van der Waals surface area contributed by atoms with Crippen LogP contribution in [-0.2, 0) is 11.3 Å². The van der Waals surface area contributed by atoms with Gasteiger partial charge in [-0.3, -0.25) is 4.79 Å². The zero-order chi connectivity index (χ0) is 12.8. The maximum absolute atomic E-state index is 13.1. The molecule has 0 aliphatic carbocycles. The lowest BCUT2D eigenvalue weighted by atomic mass is 10.1. The lowest BCUT2D eigenvalue weighted by molar-refractivity contribution is -0.137. The molecule has 0 radical (unpaired) electrons. The molecule has 0 aliphatic rings. The van der Waals surface area contributed by atoms with Gasteiger partial charge >= 0.3 is 5.97 Å². The zero-order valence-corrected chi connectivity index (χ0v) is 11.1. The van der Waals surface area contributed by atoms with Crippen LogP contribution < -0.4 is 5.32 Å². The summed E-state index contributed by atoms with van der Waals surface area (Å²) >= 11 is 3.22. The summed E-state index contributed by atoms with van der Waals surface area (Å²) in [7, 11) is 0. The third kappa shape index (κ3) is 5.79. The van der Waals surface area contributed by atoms with Crippen molar-refractivity contribution in [1.29, 1.82) is 0 Å². The number of carbonyl (C=O) groups is 1. The van der Waals surface area contributed by atoms with E-state index in [1.54, 1.807) is 0 Å². The predicted molar refractivity (Wildman–Crippen MR) is 67.3 cm³/mol. The van der Waals surface area contributed by atoms with Crippen LogP contribution in [0.1, 0.15) is 25.3 Å². The van der Waals surface area contributed by atoms with Gasteiger partial charge in [0.15, 0.2) is 0 Å². The van der Waals surface area contributed by atoms with Gasteiger partial charge in [-0.15, -0.1) is 0 Å². The van der Waals surface area contributed by atoms with E-state index in [1.807, 2.05) is 13.0 Å². The Kier molecular flexibility index (Phi) is 5.58. The van der Waals surface area contributed by atoms with Gasteiger partial charge in [0.2, 0.25) is 0 Å². The summed E-state index contributed by atoms with van der Waals surface area (Å²) < 4.78 is 13.8. The van der Waals surface area contributed by atoms with Gasteiger partial charge in [-0.05, 0) is 37.1 Å². The number of hydrogen-bond acceptors (Lipinski definition) is 2. The Morgan fingerprint density at radius 1 is 1.53 bits per heavy atom. The average Bonchev–Trinajstić information content (AvgIpc) is 2.22. The molecule has 0 fully saturated rings. The maximum atomic E-state index is 13.1. The molecule has 94 valence electrons. The van der Waals surface area contributed by atoms with Crippen molar-refractivity contribution < 1.29 is 14.3 Å². The Hall–Kier alpha value is -0.940. The molecule has 2 N–H and O–H groups in total. The number of carboxylic acids is 1. The predicted octanol–water partition coefficient (Wildman–Crippen LogP) is 2.93. The lowest BCUT2D eigenvalue weighted by Gasteiger charge is -2.12. The standard InChI is InChI=1S/C12H15BrFNO2/c1-8(2-3-12(16)17)15-7-9-4-10(13)6-11(14)5-9/h4-6,8,15H,2-3,7H2,1H3,(H,16,17). The van der Waals surface area contributed by atoms with E-state index in [0.29, 0.717) is 17.4 Å². The van der Waals surface area contributed by atoms with Crippen molar-refractivity contribution in [3.63, 3.8) is 0 Å². The van der Waals surface area contributed by atoms with Crippen LogP contribution in [-0.4, -0.2) is 17.1 Å². The first kappa shape index (κ1) is 14.1. The van der Waals surface area contributed by atoms with Crippen molar-refractivity contribution >= 4 is 21.9 Å². The molecule has 0 saturated carbocycles. The highest BCUT2D eigenvalue weighted by Crippen LogP contribution is 2.15. The molecule has 0 aliphatic heterocycles. The molecule has 0 heterocycles. The zero-order valence-electron chi connectivity index (χ0n) is 9.54. The molecule has 1 aromatic rings. The monoisotopic (exact) mass is 303 g/mol. The molecule has 3 nitrogen and oxygen atoms in total. The van der Waals surface area contributed by atoms with Gasteiger partial charge in [0.1, 0.15) is 5.82 Å². The highest BCUT2D eigenvalue weighted by molar-refractivity contribution is 9.10. The topological polar surface area (TPSA) is 49.3 Å². The van der Waals surface area contributed by atoms with Crippen LogP contribution in [0, 0.1) is 5.82 Å². The highest BCUT2D eigenvalue weighted by Gasteiger charge is 2.05. The minimum Gasteiger partial charge on any atom is -0.481 e. The quantitative estimate of drug-likeness (QED) is 0.849. The molecule has 0 amide bonds. The summed E-state index contributed by atoms with van der Waals surface area (Å²) in [5.74, 6) is -1.08. The normalized spacial score (nSPS) is 12.4. The van der Waals surface area contributed by atoms with Gasteiger partial charge in [0, 0.05) is 23.5 Å². The van der Waals surface area contributed by atoms with Crippen LogP contribution in [0.2, 0.25) is 0 Å². The fourth-order valence-electron chi connectivity index (χ4n) is 1.45. The van der Waals surface area contributed by atoms with E-state index in [-0.39, 0.29) is 18.3 Å². The summed E-state index contributed by atoms with van der Waals surface area (Å²) in [6, 6.07) is 4.78. The van der Waals surface area contributed by atoms with Crippen LogP contribution in [0.25, 0.3) is 0 Å². The van der Waals surface area contributed by atoms with Crippen molar-refractivity contribution in [2.75, 3.05) is 0 Å². The third-order valence-corrected chi connectivity index (χ3v) is 2.83. The van der Waals surface area contributed by atoms with E-state index in [9.17, 15) is 9.18 Å². The van der Waals surface area contributed by atoms with E-state index in [1.165, 1.54) is 12.1 Å². The number of hydrogen-bond donors (Lipinski definition) is 2.